The Bertz CT molecular complexity index is 121. The number of hydrogen-bond acceptors (Lipinski definition) is 4. The van der Waals surface area contributed by atoms with Gasteiger partial charge in [0.1, 0.15) is 0 Å². The molecule has 0 aromatic carbocycles. The summed E-state index contributed by atoms with van der Waals surface area (Å²) in [6, 6.07) is 0.630. The molecule has 0 fully saturated rings. The van der Waals surface area contributed by atoms with Crippen molar-refractivity contribution < 1.29 is 13.7 Å². The van der Waals surface area contributed by atoms with E-state index in [1.54, 1.807) is 14.2 Å². The molecule has 0 aliphatic rings. The van der Waals surface area contributed by atoms with Gasteiger partial charge in [0.05, 0.1) is 0 Å². The molecule has 0 atom stereocenters. The molecule has 5 heteroatoms. The highest BCUT2D eigenvalue weighted by Gasteiger charge is 2.20. The number of rotatable bonds is 6. The average molecular weight is 209 g/mol. The van der Waals surface area contributed by atoms with Gasteiger partial charge in [0, 0.05) is 26.3 Å². The second-order valence-corrected chi connectivity index (χ2v) is 4.56. The van der Waals surface area contributed by atoms with Crippen molar-refractivity contribution in [2.24, 2.45) is 0 Å². The Balaban J connectivity index is 4.08. The molecule has 0 saturated carbocycles. The van der Waals surface area contributed by atoms with Crippen LogP contribution in [0.3, 0.4) is 0 Å². The van der Waals surface area contributed by atoms with E-state index >= 15 is 0 Å². The normalized spacial score (nSPS) is 12.5. The molecular formula is C8H20NO3P. The maximum atomic E-state index is 5.53. The van der Waals surface area contributed by atoms with Gasteiger partial charge in [-0.05, 0) is 27.7 Å². The Labute approximate surface area is 82.1 Å². The van der Waals surface area contributed by atoms with E-state index in [9.17, 15) is 0 Å². The number of hydroxylamine groups is 2. The lowest BCUT2D eigenvalue weighted by atomic mass is 10.3. The van der Waals surface area contributed by atoms with Gasteiger partial charge in [0.2, 0.25) is 0 Å². The molecule has 0 N–H and O–H groups in total. The zero-order valence-corrected chi connectivity index (χ0v) is 10.2. The van der Waals surface area contributed by atoms with Crippen LogP contribution >= 0.6 is 8.60 Å². The second-order valence-electron chi connectivity index (χ2n) is 3.22. The highest BCUT2D eigenvalue weighted by molar-refractivity contribution is 7.41. The van der Waals surface area contributed by atoms with Gasteiger partial charge < -0.3 is 9.05 Å². The minimum Gasteiger partial charge on any atom is -0.315 e. The van der Waals surface area contributed by atoms with Gasteiger partial charge in [0.25, 0.3) is 0 Å². The van der Waals surface area contributed by atoms with Crippen LogP contribution in [0.5, 0.6) is 0 Å². The van der Waals surface area contributed by atoms with Crippen LogP contribution in [0, 0.1) is 0 Å². The van der Waals surface area contributed by atoms with E-state index in [4.69, 9.17) is 13.7 Å². The lowest BCUT2D eigenvalue weighted by molar-refractivity contribution is -0.121. The third-order valence-corrected chi connectivity index (χ3v) is 2.40. The molecule has 13 heavy (non-hydrogen) atoms. The van der Waals surface area contributed by atoms with Crippen molar-refractivity contribution in [2.75, 3.05) is 14.2 Å². The van der Waals surface area contributed by atoms with Crippen LogP contribution in [-0.2, 0) is 13.7 Å². The Morgan fingerprint density at radius 3 is 1.54 bits per heavy atom. The Morgan fingerprint density at radius 1 is 0.923 bits per heavy atom. The summed E-state index contributed by atoms with van der Waals surface area (Å²) < 4.78 is 15.5. The molecule has 0 rings (SSSR count). The van der Waals surface area contributed by atoms with Gasteiger partial charge in [-0.3, -0.25) is 0 Å². The number of hydrogen-bond donors (Lipinski definition) is 0. The zero-order chi connectivity index (χ0) is 10.4. The average Bonchev–Trinajstić information content (AvgIpc) is 2.05. The molecule has 0 amide bonds. The first-order valence-corrected chi connectivity index (χ1v) is 5.47. The van der Waals surface area contributed by atoms with Crippen molar-refractivity contribution in [1.82, 2.24) is 5.06 Å². The fraction of sp³-hybridized carbons (Fsp3) is 1.00. The van der Waals surface area contributed by atoms with Crippen LogP contribution in [0.2, 0.25) is 0 Å². The molecule has 0 aromatic heterocycles. The van der Waals surface area contributed by atoms with Crippen LogP contribution in [0.1, 0.15) is 27.7 Å². The minimum atomic E-state index is -1.23. The molecule has 0 radical (unpaired) electrons. The summed E-state index contributed by atoms with van der Waals surface area (Å²) in [5.41, 5.74) is 0. The predicted octanol–water partition coefficient (Wildman–Crippen LogP) is 2.56. The molecule has 0 spiro atoms. The molecule has 4 nitrogen and oxygen atoms in total. The first kappa shape index (κ1) is 13.3. The van der Waals surface area contributed by atoms with Crippen LogP contribution in [-0.4, -0.2) is 31.4 Å². The van der Waals surface area contributed by atoms with E-state index in [0.717, 1.165) is 0 Å². The minimum absolute atomic E-state index is 0.315. The van der Waals surface area contributed by atoms with Crippen molar-refractivity contribution in [3.05, 3.63) is 0 Å². The number of nitrogens with zero attached hydrogens (tertiary/aromatic N) is 1. The van der Waals surface area contributed by atoms with Crippen molar-refractivity contribution in [2.45, 2.75) is 39.8 Å². The lowest BCUT2D eigenvalue weighted by Gasteiger charge is -2.30. The van der Waals surface area contributed by atoms with Gasteiger partial charge in [-0.25, -0.2) is 4.62 Å². The summed E-state index contributed by atoms with van der Waals surface area (Å²) in [5, 5.41) is 1.87. The monoisotopic (exact) mass is 209 g/mol. The Hall–Kier alpha value is 0.270. The van der Waals surface area contributed by atoms with Gasteiger partial charge in [-0.1, -0.05) is 0 Å². The first-order chi connectivity index (χ1) is 6.02. The molecule has 0 aliphatic carbocycles. The van der Waals surface area contributed by atoms with E-state index in [-0.39, 0.29) is 0 Å². The summed E-state index contributed by atoms with van der Waals surface area (Å²) in [6.07, 6.45) is 0. The molecule has 0 saturated heterocycles. The van der Waals surface area contributed by atoms with E-state index in [0.29, 0.717) is 12.1 Å². The predicted molar refractivity (Wildman–Crippen MR) is 54.1 cm³/mol. The van der Waals surface area contributed by atoms with Gasteiger partial charge in [-0.2, -0.15) is 5.06 Å². The van der Waals surface area contributed by atoms with E-state index in [2.05, 4.69) is 27.7 Å². The van der Waals surface area contributed by atoms with Crippen molar-refractivity contribution >= 4 is 8.60 Å². The standard InChI is InChI=1S/C8H20NO3P/c1-7(2)9(8(3)4)12-13(10-5)11-6/h7-8H,1-6H3. The highest BCUT2D eigenvalue weighted by Crippen LogP contribution is 2.39. The van der Waals surface area contributed by atoms with E-state index in [1.807, 2.05) is 5.06 Å². The van der Waals surface area contributed by atoms with Crippen LogP contribution in [0.15, 0.2) is 0 Å². The topological polar surface area (TPSA) is 30.9 Å². The van der Waals surface area contributed by atoms with Gasteiger partial charge in [0.15, 0.2) is 0 Å². The van der Waals surface area contributed by atoms with Crippen molar-refractivity contribution in [1.29, 1.82) is 0 Å². The summed E-state index contributed by atoms with van der Waals surface area (Å²) in [4.78, 5) is 0. The molecule has 0 bridgehead atoms. The van der Waals surface area contributed by atoms with Gasteiger partial charge >= 0.3 is 8.60 Å². The largest absolute Gasteiger partial charge is 0.350 e. The lowest BCUT2D eigenvalue weighted by Crippen LogP contribution is -2.35. The first-order valence-electron chi connectivity index (χ1n) is 4.37. The summed E-state index contributed by atoms with van der Waals surface area (Å²) in [6.45, 7) is 8.27. The summed E-state index contributed by atoms with van der Waals surface area (Å²) in [5.74, 6) is 0. The fourth-order valence-corrected chi connectivity index (χ4v) is 1.82. The molecule has 80 valence electrons. The SMILES string of the molecule is COP(OC)ON(C(C)C)C(C)C. The molecule has 0 aromatic rings. The smallest absolute Gasteiger partial charge is 0.315 e. The Morgan fingerprint density at radius 2 is 1.31 bits per heavy atom. The Kier molecular flexibility index (Phi) is 6.82. The molecule has 0 unspecified atom stereocenters. The van der Waals surface area contributed by atoms with Crippen LogP contribution in [0.4, 0.5) is 0 Å². The van der Waals surface area contributed by atoms with E-state index in [1.165, 1.54) is 0 Å². The summed E-state index contributed by atoms with van der Waals surface area (Å²) in [7, 11) is 1.92. The second kappa shape index (κ2) is 6.68. The highest BCUT2D eigenvalue weighted by atomic mass is 31.2. The van der Waals surface area contributed by atoms with Crippen molar-refractivity contribution in [3.8, 4) is 0 Å². The third kappa shape index (κ3) is 4.89. The molecule has 0 aliphatic heterocycles. The molecular weight excluding hydrogens is 189 g/mol. The maximum absolute atomic E-state index is 5.53. The van der Waals surface area contributed by atoms with Crippen molar-refractivity contribution in [3.63, 3.8) is 0 Å². The van der Waals surface area contributed by atoms with E-state index < -0.39 is 8.60 Å². The fourth-order valence-electron chi connectivity index (χ4n) is 1.00. The maximum Gasteiger partial charge on any atom is 0.350 e. The summed E-state index contributed by atoms with van der Waals surface area (Å²) >= 11 is 0. The quantitative estimate of drug-likeness (QED) is 0.497. The van der Waals surface area contributed by atoms with Gasteiger partial charge in [-0.15, -0.1) is 0 Å². The van der Waals surface area contributed by atoms with Crippen LogP contribution < -0.4 is 0 Å². The zero-order valence-electron chi connectivity index (χ0n) is 9.27. The molecule has 0 heterocycles. The van der Waals surface area contributed by atoms with Crippen LogP contribution in [0.25, 0.3) is 0 Å². The third-order valence-electron chi connectivity index (χ3n) is 1.48.